The maximum atomic E-state index is 12.5. The number of nitrogens with zero attached hydrogens (tertiary/aromatic N) is 3. The summed E-state index contributed by atoms with van der Waals surface area (Å²) in [5.41, 5.74) is -0.578. The van der Waals surface area contributed by atoms with Crippen molar-refractivity contribution in [1.82, 2.24) is 14.0 Å². The Hall–Kier alpha value is -2.83. The molecule has 2 aromatic rings. The second-order valence-electron chi connectivity index (χ2n) is 6.25. The minimum Gasteiger partial charge on any atom is -0.464 e. The SMILES string of the molecule is Cc1ccc(CN(C(=O)/C=C/c2cn(C)c(=O)n(C)c2=O)C(C)C)o1. The lowest BCUT2D eigenvalue weighted by atomic mass is 10.2. The number of aromatic nitrogens is 2. The van der Waals surface area contributed by atoms with E-state index < -0.39 is 11.2 Å². The Balaban J connectivity index is 2.25. The molecule has 134 valence electrons. The fraction of sp³-hybridized carbons (Fsp3) is 0.389. The van der Waals surface area contributed by atoms with E-state index in [-0.39, 0.29) is 17.5 Å². The summed E-state index contributed by atoms with van der Waals surface area (Å²) in [6.45, 7) is 6.01. The van der Waals surface area contributed by atoms with E-state index in [2.05, 4.69) is 0 Å². The van der Waals surface area contributed by atoms with Gasteiger partial charge in [0, 0.05) is 32.4 Å². The van der Waals surface area contributed by atoms with Crippen LogP contribution < -0.4 is 11.2 Å². The first-order chi connectivity index (χ1) is 11.7. The molecule has 0 saturated heterocycles. The lowest BCUT2D eigenvalue weighted by Crippen LogP contribution is -2.38. The van der Waals surface area contributed by atoms with Gasteiger partial charge in [0.15, 0.2) is 0 Å². The van der Waals surface area contributed by atoms with Crippen molar-refractivity contribution < 1.29 is 9.21 Å². The number of aryl methyl sites for hydroxylation is 2. The van der Waals surface area contributed by atoms with Crippen molar-refractivity contribution in [2.24, 2.45) is 14.1 Å². The molecule has 2 rings (SSSR count). The average molecular weight is 345 g/mol. The molecule has 0 aliphatic rings. The molecule has 2 heterocycles. The van der Waals surface area contributed by atoms with Crippen molar-refractivity contribution >= 4 is 12.0 Å². The minimum absolute atomic E-state index is 0.0366. The molecule has 0 aromatic carbocycles. The van der Waals surface area contributed by atoms with E-state index in [0.717, 1.165) is 10.3 Å². The third-order valence-corrected chi connectivity index (χ3v) is 3.91. The molecule has 0 bridgehead atoms. The highest BCUT2D eigenvalue weighted by Gasteiger charge is 2.17. The van der Waals surface area contributed by atoms with Gasteiger partial charge in [-0.1, -0.05) is 0 Å². The van der Waals surface area contributed by atoms with Crippen LogP contribution in [-0.2, 0) is 25.4 Å². The van der Waals surface area contributed by atoms with Crippen molar-refractivity contribution in [1.29, 1.82) is 0 Å². The second kappa shape index (κ2) is 7.38. The zero-order valence-corrected chi connectivity index (χ0v) is 15.1. The third-order valence-electron chi connectivity index (χ3n) is 3.91. The number of carbonyl (C=O) groups excluding carboxylic acids is 1. The van der Waals surface area contributed by atoms with Crippen LogP contribution in [0.2, 0.25) is 0 Å². The van der Waals surface area contributed by atoms with E-state index >= 15 is 0 Å². The molecule has 0 spiro atoms. The summed E-state index contributed by atoms with van der Waals surface area (Å²) in [5, 5.41) is 0. The third kappa shape index (κ3) is 4.17. The van der Waals surface area contributed by atoms with E-state index in [4.69, 9.17) is 4.42 Å². The zero-order valence-electron chi connectivity index (χ0n) is 15.1. The van der Waals surface area contributed by atoms with Crippen LogP contribution in [-0.4, -0.2) is 26.0 Å². The van der Waals surface area contributed by atoms with E-state index in [0.29, 0.717) is 12.3 Å². The Morgan fingerprint density at radius 3 is 2.52 bits per heavy atom. The van der Waals surface area contributed by atoms with Gasteiger partial charge >= 0.3 is 5.69 Å². The summed E-state index contributed by atoms with van der Waals surface area (Å²) in [5.74, 6) is 1.25. The number of furan rings is 1. The Bertz CT molecular complexity index is 915. The molecule has 0 saturated carbocycles. The van der Waals surface area contributed by atoms with Crippen molar-refractivity contribution in [3.8, 4) is 0 Å². The molecule has 2 aromatic heterocycles. The lowest BCUT2D eigenvalue weighted by molar-refractivity contribution is -0.128. The van der Waals surface area contributed by atoms with Crippen LogP contribution in [0.3, 0.4) is 0 Å². The topological polar surface area (TPSA) is 77.5 Å². The van der Waals surface area contributed by atoms with Crippen LogP contribution >= 0.6 is 0 Å². The molecule has 7 nitrogen and oxygen atoms in total. The highest BCUT2D eigenvalue weighted by atomic mass is 16.3. The normalized spacial score (nSPS) is 11.4. The first kappa shape index (κ1) is 18.5. The monoisotopic (exact) mass is 345 g/mol. The lowest BCUT2D eigenvalue weighted by Gasteiger charge is -2.24. The van der Waals surface area contributed by atoms with Gasteiger partial charge in [0.05, 0.1) is 12.1 Å². The summed E-state index contributed by atoms with van der Waals surface area (Å²) in [4.78, 5) is 38.0. The highest BCUT2D eigenvalue weighted by Crippen LogP contribution is 2.12. The Kier molecular flexibility index (Phi) is 5.46. The molecule has 0 radical (unpaired) electrons. The summed E-state index contributed by atoms with van der Waals surface area (Å²) < 4.78 is 7.84. The summed E-state index contributed by atoms with van der Waals surface area (Å²) in [7, 11) is 2.96. The predicted octanol–water partition coefficient (Wildman–Crippen LogP) is 1.44. The fourth-order valence-corrected chi connectivity index (χ4v) is 2.46. The number of rotatable bonds is 5. The largest absolute Gasteiger partial charge is 0.464 e. The predicted molar refractivity (Wildman–Crippen MR) is 95.1 cm³/mol. The number of amides is 1. The molecule has 0 aliphatic carbocycles. The number of hydrogen-bond donors (Lipinski definition) is 0. The molecular formula is C18H23N3O4. The Morgan fingerprint density at radius 2 is 1.96 bits per heavy atom. The molecule has 0 fully saturated rings. The Labute approximate surface area is 145 Å². The van der Waals surface area contributed by atoms with Gasteiger partial charge in [-0.15, -0.1) is 0 Å². The van der Waals surface area contributed by atoms with Gasteiger partial charge in [0.1, 0.15) is 11.5 Å². The molecule has 0 N–H and O–H groups in total. The van der Waals surface area contributed by atoms with Gasteiger partial charge in [0.25, 0.3) is 5.56 Å². The van der Waals surface area contributed by atoms with Crippen molar-refractivity contribution in [2.75, 3.05) is 0 Å². The maximum Gasteiger partial charge on any atom is 0.330 e. The molecule has 0 aliphatic heterocycles. The first-order valence-corrected chi connectivity index (χ1v) is 8.01. The molecule has 0 atom stereocenters. The van der Waals surface area contributed by atoms with Crippen LogP contribution in [0.15, 0.2) is 38.4 Å². The quantitative estimate of drug-likeness (QED) is 0.768. The van der Waals surface area contributed by atoms with Crippen molar-refractivity contribution in [2.45, 2.75) is 33.4 Å². The van der Waals surface area contributed by atoms with Crippen LogP contribution in [0, 0.1) is 6.92 Å². The van der Waals surface area contributed by atoms with Gasteiger partial charge in [-0.3, -0.25) is 14.2 Å². The molecule has 0 unspecified atom stereocenters. The van der Waals surface area contributed by atoms with E-state index in [1.54, 1.807) is 11.9 Å². The number of hydrogen-bond acceptors (Lipinski definition) is 4. The smallest absolute Gasteiger partial charge is 0.330 e. The Morgan fingerprint density at radius 1 is 1.28 bits per heavy atom. The molecule has 25 heavy (non-hydrogen) atoms. The van der Waals surface area contributed by atoms with Crippen molar-refractivity contribution in [3.05, 3.63) is 62.3 Å². The molecule has 7 heteroatoms. The van der Waals surface area contributed by atoms with Gasteiger partial charge in [0.2, 0.25) is 5.91 Å². The molecular weight excluding hydrogens is 322 g/mol. The van der Waals surface area contributed by atoms with E-state index in [1.165, 1.54) is 30.0 Å². The molecule has 1 amide bonds. The summed E-state index contributed by atoms with van der Waals surface area (Å²) >= 11 is 0. The van der Waals surface area contributed by atoms with Gasteiger partial charge in [-0.05, 0) is 39.0 Å². The second-order valence-corrected chi connectivity index (χ2v) is 6.25. The maximum absolute atomic E-state index is 12.5. The van der Waals surface area contributed by atoms with Gasteiger partial charge < -0.3 is 13.9 Å². The highest BCUT2D eigenvalue weighted by molar-refractivity contribution is 5.91. The van der Waals surface area contributed by atoms with Crippen LogP contribution in [0.5, 0.6) is 0 Å². The first-order valence-electron chi connectivity index (χ1n) is 8.01. The standard InChI is InChI=1S/C18H23N3O4/c1-12(2)21(11-15-8-6-13(3)25-15)16(22)9-7-14-10-19(4)18(24)20(5)17(14)23/h6-10,12H,11H2,1-5H3/b9-7+. The van der Waals surface area contributed by atoms with Crippen LogP contribution in [0.1, 0.15) is 30.9 Å². The summed E-state index contributed by atoms with van der Waals surface area (Å²) in [6, 6.07) is 3.65. The van der Waals surface area contributed by atoms with E-state index in [9.17, 15) is 14.4 Å². The van der Waals surface area contributed by atoms with E-state index in [1.807, 2.05) is 32.9 Å². The number of carbonyl (C=O) groups is 1. The van der Waals surface area contributed by atoms with Gasteiger partial charge in [-0.2, -0.15) is 0 Å². The van der Waals surface area contributed by atoms with Crippen LogP contribution in [0.25, 0.3) is 6.08 Å². The minimum atomic E-state index is -0.440. The fourth-order valence-electron chi connectivity index (χ4n) is 2.46. The van der Waals surface area contributed by atoms with Crippen LogP contribution in [0.4, 0.5) is 0 Å². The summed E-state index contributed by atoms with van der Waals surface area (Å²) in [6.07, 6.45) is 4.20. The van der Waals surface area contributed by atoms with Crippen molar-refractivity contribution in [3.63, 3.8) is 0 Å². The van der Waals surface area contributed by atoms with Gasteiger partial charge in [-0.25, -0.2) is 4.79 Å². The zero-order chi connectivity index (χ0) is 18.7. The average Bonchev–Trinajstić information content (AvgIpc) is 2.97.